The molecule has 1 N–H and O–H groups in total. The van der Waals surface area contributed by atoms with Crippen LogP contribution in [0.5, 0.6) is 0 Å². The highest BCUT2D eigenvalue weighted by Gasteiger charge is 2.16. The summed E-state index contributed by atoms with van der Waals surface area (Å²) in [6.07, 6.45) is 1.00. The Morgan fingerprint density at radius 2 is 1.89 bits per heavy atom. The van der Waals surface area contributed by atoms with Gasteiger partial charge in [-0.05, 0) is 23.4 Å². The van der Waals surface area contributed by atoms with Crippen LogP contribution in [0, 0.1) is 0 Å². The highest BCUT2D eigenvalue weighted by Crippen LogP contribution is 2.09. The highest BCUT2D eigenvalue weighted by atomic mass is 32.1. The van der Waals surface area contributed by atoms with E-state index in [4.69, 9.17) is 0 Å². The second-order valence-electron chi connectivity index (χ2n) is 6.00. The third-order valence-electron chi connectivity index (χ3n) is 4.02. The SMILES string of the molecule is COC(=O)CCN(Cc1ccccc1)C(=O)CCCNC(=O)c1ccsc1. The van der Waals surface area contributed by atoms with Gasteiger partial charge in [-0.3, -0.25) is 14.4 Å². The third-order valence-corrected chi connectivity index (χ3v) is 4.70. The lowest BCUT2D eigenvalue weighted by Crippen LogP contribution is -2.33. The third kappa shape index (κ3) is 7.22. The molecule has 2 rings (SSSR count). The molecule has 0 aliphatic heterocycles. The molecule has 2 aromatic rings. The molecule has 0 spiro atoms. The lowest BCUT2D eigenvalue weighted by Gasteiger charge is -2.22. The lowest BCUT2D eigenvalue weighted by molar-refractivity contribution is -0.142. The van der Waals surface area contributed by atoms with Crippen LogP contribution in [0.1, 0.15) is 35.2 Å². The van der Waals surface area contributed by atoms with Crippen molar-refractivity contribution in [2.45, 2.75) is 25.8 Å². The van der Waals surface area contributed by atoms with Crippen molar-refractivity contribution in [3.05, 3.63) is 58.3 Å². The van der Waals surface area contributed by atoms with E-state index in [0.717, 1.165) is 5.56 Å². The minimum Gasteiger partial charge on any atom is -0.469 e. The van der Waals surface area contributed by atoms with Crippen molar-refractivity contribution in [2.75, 3.05) is 20.2 Å². The first-order valence-corrected chi connectivity index (χ1v) is 9.73. The van der Waals surface area contributed by atoms with Crippen LogP contribution >= 0.6 is 11.3 Å². The summed E-state index contributed by atoms with van der Waals surface area (Å²) in [5.74, 6) is -0.521. The van der Waals surface area contributed by atoms with Crippen LogP contribution < -0.4 is 5.32 Å². The maximum Gasteiger partial charge on any atom is 0.307 e. The van der Waals surface area contributed by atoms with Gasteiger partial charge in [0.2, 0.25) is 5.91 Å². The van der Waals surface area contributed by atoms with E-state index in [1.165, 1.54) is 18.4 Å². The zero-order chi connectivity index (χ0) is 19.5. The average molecular weight is 388 g/mol. The van der Waals surface area contributed by atoms with Gasteiger partial charge in [-0.25, -0.2) is 0 Å². The lowest BCUT2D eigenvalue weighted by atomic mass is 10.2. The number of esters is 1. The number of nitrogens with zero attached hydrogens (tertiary/aromatic N) is 1. The Bertz CT molecular complexity index is 732. The van der Waals surface area contributed by atoms with E-state index < -0.39 is 0 Å². The van der Waals surface area contributed by atoms with Crippen molar-refractivity contribution in [2.24, 2.45) is 0 Å². The predicted octanol–water partition coefficient (Wildman–Crippen LogP) is 2.85. The summed E-state index contributed by atoms with van der Waals surface area (Å²) >= 11 is 1.47. The summed E-state index contributed by atoms with van der Waals surface area (Å²) in [4.78, 5) is 37.6. The molecule has 7 heteroatoms. The van der Waals surface area contributed by atoms with Crippen LogP contribution in [0.25, 0.3) is 0 Å². The first-order valence-electron chi connectivity index (χ1n) is 8.79. The molecule has 27 heavy (non-hydrogen) atoms. The number of amides is 2. The van der Waals surface area contributed by atoms with Gasteiger partial charge in [-0.2, -0.15) is 11.3 Å². The second kappa shape index (κ2) is 11.1. The van der Waals surface area contributed by atoms with E-state index in [0.29, 0.717) is 38.0 Å². The van der Waals surface area contributed by atoms with Crippen molar-refractivity contribution < 1.29 is 19.1 Å². The fourth-order valence-corrected chi connectivity index (χ4v) is 3.16. The van der Waals surface area contributed by atoms with Crippen LogP contribution in [0.4, 0.5) is 0 Å². The first kappa shape index (κ1) is 20.6. The van der Waals surface area contributed by atoms with Gasteiger partial charge < -0.3 is 15.0 Å². The molecule has 0 aliphatic carbocycles. The summed E-state index contributed by atoms with van der Waals surface area (Å²) in [6.45, 7) is 1.18. The summed E-state index contributed by atoms with van der Waals surface area (Å²) in [5, 5.41) is 6.45. The molecule has 1 aromatic carbocycles. The van der Waals surface area contributed by atoms with Crippen molar-refractivity contribution in [1.82, 2.24) is 10.2 Å². The van der Waals surface area contributed by atoms with Gasteiger partial charge in [0, 0.05) is 37.0 Å². The quantitative estimate of drug-likeness (QED) is 0.502. The van der Waals surface area contributed by atoms with Gasteiger partial charge in [0.1, 0.15) is 0 Å². The fraction of sp³-hybridized carbons (Fsp3) is 0.350. The summed E-state index contributed by atoms with van der Waals surface area (Å²) < 4.78 is 4.67. The normalized spacial score (nSPS) is 10.3. The highest BCUT2D eigenvalue weighted by molar-refractivity contribution is 7.08. The number of hydrogen-bond acceptors (Lipinski definition) is 5. The molecule has 0 saturated carbocycles. The number of thiophene rings is 1. The average Bonchev–Trinajstić information content (AvgIpc) is 3.23. The van der Waals surface area contributed by atoms with Crippen LogP contribution in [-0.2, 0) is 20.9 Å². The molecule has 0 unspecified atom stereocenters. The number of rotatable bonds is 10. The summed E-state index contributed by atoms with van der Waals surface area (Å²) in [7, 11) is 1.34. The van der Waals surface area contributed by atoms with Gasteiger partial charge in [0.05, 0.1) is 13.5 Å². The zero-order valence-electron chi connectivity index (χ0n) is 15.3. The smallest absolute Gasteiger partial charge is 0.307 e. The Labute approximate surface area is 163 Å². The van der Waals surface area contributed by atoms with Gasteiger partial charge in [0.25, 0.3) is 5.91 Å². The van der Waals surface area contributed by atoms with Crippen LogP contribution in [0.2, 0.25) is 0 Å². The summed E-state index contributed by atoms with van der Waals surface area (Å²) in [5.41, 5.74) is 1.64. The predicted molar refractivity (Wildman–Crippen MR) is 104 cm³/mol. The summed E-state index contributed by atoms with van der Waals surface area (Å²) in [6, 6.07) is 11.4. The molecular formula is C20H24N2O4S. The Morgan fingerprint density at radius 3 is 2.56 bits per heavy atom. The monoisotopic (exact) mass is 388 g/mol. The Hall–Kier alpha value is -2.67. The number of benzene rings is 1. The van der Waals surface area contributed by atoms with Crippen LogP contribution in [0.15, 0.2) is 47.2 Å². The number of hydrogen-bond donors (Lipinski definition) is 1. The zero-order valence-corrected chi connectivity index (χ0v) is 16.2. The minimum absolute atomic E-state index is 0.0486. The van der Waals surface area contributed by atoms with Crippen molar-refractivity contribution in [3.63, 3.8) is 0 Å². The van der Waals surface area contributed by atoms with Gasteiger partial charge in [0.15, 0.2) is 0 Å². The number of methoxy groups -OCH3 is 1. The first-order chi connectivity index (χ1) is 13.1. The van der Waals surface area contributed by atoms with E-state index in [1.807, 2.05) is 35.7 Å². The molecule has 1 aromatic heterocycles. The van der Waals surface area contributed by atoms with Gasteiger partial charge >= 0.3 is 5.97 Å². The molecular weight excluding hydrogens is 364 g/mol. The van der Waals surface area contributed by atoms with Gasteiger partial charge in [-0.15, -0.1) is 0 Å². The number of carbonyl (C=O) groups excluding carboxylic acids is 3. The van der Waals surface area contributed by atoms with Crippen molar-refractivity contribution in [3.8, 4) is 0 Å². The molecule has 0 bridgehead atoms. The van der Waals surface area contributed by atoms with Crippen LogP contribution in [0.3, 0.4) is 0 Å². The fourth-order valence-electron chi connectivity index (χ4n) is 2.52. The largest absolute Gasteiger partial charge is 0.469 e. The Kier molecular flexibility index (Phi) is 8.51. The maximum absolute atomic E-state index is 12.6. The van der Waals surface area contributed by atoms with E-state index in [-0.39, 0.29) is 24.2 Å². The molecule has 0 aliphatic rings. The molecule has 0 atom stereocenters. The standard InChI is InChI=1S/C20H24N2O4S/c1-26-19(24)9-12-22(14-16-6-3-2-4-7-16)18(23)8-5-11-21-20(25)17-10-13-27-15-17/h2-4,6-7,10,13,15H,5,8-9,11-12,14H2,1H3,(H,21,25). The van der Waals surface area contributed by atoms with Crippen LogP contribution in [-0.4, -0.2) is 42.9 Å². The van der Waals surface area contributed by atoms with Gasteiger partial charge in [-0.1, -0.05) is 30.3 Å². The molecule has 0 radical (unpaired) electrons. The molecule has 144 valence electrons. The molecule has 1 heterocycles. The Morgan fingerprint density at radius 1 is 1.11 bits per heavy atom. The molecule has 6 nitrogen and oxygen atoms in total. The van der Waals surface area contributed by atoms with E-state index in [9.17, 15) is 14.4 Å². The van der Waals surface area contributed by atoms with Crippen molar-refractivity contribution in [1.29, 1.82) is 0 Å². The van der Waals surface area contributed by atoms with Crippen molar-refractivity contribution >= 4 is 29.1 Å². The van der Waals surface area contributed by atoms with E-state index in [2.05, 4.69) is 10.1 Å². The molecule has 0 saturated heterocycles. The number of carbonyl (C=O) groups is 3. The molecule has 0 fully saturated rings. The van der Waals surface area contributed by atoms with E-state index >= 15 is 0 Å². The Balaban J connectivity index is 1.82. The second-order valence-corrected chi connectivity index (χ2v) is 6.78. The molecule has 2 amide bonds. The number of nitrogens with one attached hydrogen (secondary N) is 1. The minimum atomic E-state index is -0.344. The topological polar surface area (TPSA) is 75.7 Å². The maximum atomic E-state index is 12.6. The van der Waals surface area contributed by atoms with E-state index in [1.54, 1.807) is 16.3 Å². The number of ether oxygens (including phenoxy) is 1.